The standard InChI is InChI=1S/C31H28N3O.C16H17FN.Ir/c1-18(2)21-11-8-12-22(19(3)4)29(21)34-26-17-32-16-20(5)28(26)33-31(34)25-14-9-13-24-23-10-6-7-15-27(23)35-30(24)25;1-11-5-7-13(14(17)9-11)15-8-6-12(10-18-15)16(2,3)4;/h6-13,15-19H,1-5H3;5-6,8-10H,1-4H3;/q2*-1;/i;1D3;. The number of pyridine rings is 2. The van der Waals surface area contributed by atoms with Gasteiger partial charge in [0.1, 0.15) is 5.58 Å². The Kier molecular flexibility index (Phi) is 9.92. The first-order chi connectivity index (χ1) is 26.5. The minimum absolute atomic E-state index is 0. The van der Waals surface area contributed by atoms with Crippen LogP contribution in [0.15, 0.2) is 102 Å². The summed E-state index contributed by atoms with van der Waals surface area (Å²) in [6.07, 6.45) is 5.52. The first-order valence-electron chi connectivity index (χ1n) is 19.5. The maximum absolute atomic E-state index is 14.1. The normalized spacial score (nSPS) is 12.8. The Bertz CT molecular complexity index is 2680. The van der Waals surface area contributed by atoms with Crippen molar-refractivity contribution in [1.29, 1.82) is 0 Å². The van der Waals surface area contributed by atoms with Gasteiger partial charge in [-0.3, -0.25) is 14.4 Å². The van der Waals surface area contributed by atoms with Crippen LogP contribution in [-0.2, 0) is 25.5 Å². The van der Waals surface area contributed by atoms with Gasteiger partial charge in [0.2, 0.25) is 0 Å². The molecule has 8 aromatic rings. The monoisotopic (exact) mass is 896 g/mol. The summed E-state index contributed by atoms with van der Waals surface area (Å²) in [7, 11) is 0. The van der Waals surface area contributed by atoms with E-state index in [2.05, 4.69) is 112 Å². The molecule has 0 fully saturated rings. The quantitative estimate of drug-likeness (QED) is 0.162. The summed E-state index contributed by atoms with van der Waals surface area (Å²) in [5.41, 5.74) is 10.9. The van der Waals surface area contributed by atoms with Gasteiger partial charge in [-0.05, 0) is 58.2 Å². The van der Waals surface area contributed by atoms with Crippen molar-refractivity contribution >= 4 is 33.0 Å². The van der Waals surface area contributed by atoms with Gasteiger partial charge in [0.25, 0.3) is 0 Å². The number of hydrogen-bond donors (Lipinski definition) is 0. The van der Waals surface area contributed by atoms with Crippen LogP contribution in [0.1, 0.15) is 92.2 Å². The second-order valence-electron chi connectivity index (χ2n) is 15.2. The van der Waals surface area contributed by atoms with Crippen LogP contribution in [0.5, 0.6) is 0 Å². The molecule has 0 aliphatic heterocycles. The van der Waals surface area contributed by atoms with Crippen LogP contribution in [0.25, 0.3) is 61.3 Å². The van der Waals surface area contributed by atoms with Crippen molar-refractivity contribution in [2.75, 3.05) is 0 Å². The molecule has 4 heterocycles. The molecule has 54 heavy (non-hydrogen) atoms. The maximum Gasteiger partial charge on any atom is 0.120 e. The minimum atomic E-state index is -2.33. The van der Waals surface area contributed by atoms with Gasteiger partial charge in [-0.2, -0.15) is 0 Å². The number of hydrogen-bond acceptors (Lipinski definition) is 4. The molecule has 277 valence electrons. The van der Waals surface area contributed by atoms with E-state index in [0.717, 1.165) is 61.6 Å². The number of halogens is 1. The van der Waals surface area contributed by atoms with Gasteiger partial charge in [-0.15, -0.1) is 42.0 Å². The summed E-state index contributed by atoms with van der Waals surface area (Å²) in [6, 6.07) is 31.0. The molecule has 0 bridgehead atoms. The third-order valence-corrected chi connectivity index (χ3v) is 9.66. The van der Waals surface area contributed by atoms with E-state index in [1.807, 2.05) is 42.7 Å². The Labute approximate surface area is 335 Å². The number of aryl methyl sites for hydroxylation is 2. The number of fused-ring (bicyclic) bond motifs is 4. The van der Waals surface area contributed by atoms with Gasteiger partial charge >= 0.3 is 0 Å². The Morgan fingerprint density at radius 1 is 0.852 bits per heavy atom. The predicted octanol–water partition coefficient (Wildman–Crippen LogP) is 12.6. The fourth-order valence-electron chi connectivity index (χ4n) is 6.79. The fraction of sp³-hybridized carbons (Fsp3) is 0.255. The van der Waals surface area contributed by atoms with E-state index in [9.17, 15) is 4.39 Å². The van der Waals surface area contributed by atoms with Crippen LogP contribution >= 0.6 is 0 Å². The molecule has 0 spiro atoms. The average molecular weight is 896 g/mol. The SMILES string of the molecule is Cc1cncc2c1nc(-c1[c-]ccc3c1oc1ccccc13)n2-c1c(C(C)C)cccc1C(C)C.[2H]C([2H])([2H])c1c[c-]c(-c2ccc(C(C)(C)C)cn2)c(F)c1.[Ir]. The molecule has 0 unspecified atom stereocenters. The zero-order valence-electron chi connectivity index (χ0n) is 34.8. The third kappa shape index (κ3) is 7.28. The van der Waals surface area contributed by atoms with E-state index in [0.29, 0.717) is 17.5 Å². The molecule has 1 radical (unpaired) electrons. The Morgan fingerprint density at radius 3 is 2.24 bits per heavy atom. The number of rotatable bonds is 5. The maximum atomic E-state index is 14.1. The van der Waals surface area contributed by atoms with Crippen molar-refractivity contribution in [3.63, 3.8) is 0 Å². The van der Waals surface area contributed by atoms with Crippen molar-refractivity contribution in [2.24, 2.45) is 0 Å². The number of furan rings is 1. The van der Waals surface area contributed by atoms with Crippen LogP contribution < -0.4 is 0 Å². The molecule has 0 saturated carbocycles. The Balaban J connectivity index is 0.000000215. The van der Waals surface area contributed by atoms with Crippen LogP contribution in [0.3, 0.4) is 0 Å². The van der Waals surface area contributed by atoms with E-state index >= 15 is 0 Å². The smallest absolute Gasteiger partial charge is 0.120 e. The van der Waals surface area contributed by atoms with Crippen LogP contribution in [-0.4, -0.2) is 19.5 Å². The number of nitrogens with zero attached hydrogens (tertiary/aromatic N) is 4. The van der Waals surface area contributed by atoms with E-state index < -0.39 is 12.7 Å². The second-order valence-corrected chi connectivity index (χ2v) is 15.2. The number of aromatic nitrogens is 4. The van der Waals surface area contributed by atoms with E-state index in [1.165, 1.54) is 22.9 Å². The molecular formula is C47H45FIrN4O-2. The van der Waals surface area contributed by atoms with Crippen molar-refractivity contribution in [3.8, 4) is 28.3 Å². The second kappa shape index (κ2) is 15.4. The first-order valence-corrected chi connectivity index (χ1v) is 18.0. The molecule has 0 aliphatic carbocycles. The van der Waals surface area contributed by atoms with Gasteiger partial charge < -0.3 is 14.0 Å². The van der Waals surface area contributed by atoms with Crippen LogP contribution in [0, 0.1) is 31.7 Å². The van der Waals surface area contributed by atoms with Gasteiger partial charge in [0, 0.05) is 53.5 Å². The molecule has 4 aromatic heterocycles. The third-order valence-electron chi connectivity index (χ3n) is 9.66. The summed E-state index contributed by atoms with van der Waals surface area (Å²) in [4.78, 5) is 14.0. The summed E-state index contributed by atoms with van der Waals surface area (Å²) in [5.74, 6) is 0.894. The summed E-state index contributed by atoms with van der Waals surface area (Å²) in [5, 5.41) is 2.17. The van der Waals surface area contributed by atoms with E-state index in [1.54, 1.807) is 12.3 Å². The van der Waals surface area contributed by atoms with Gasteiger partial charge in [0.15, 0.2) is 0 Å². The summed E-state index contributed by atoms with van der Waals surface area (Å²) >= 11 is 0. The number of para-hydroxylation sites is 2. The predicted molar refractivity (Wildman–Crippen MR) is 215 cm³/mol. The topological polar surface area (TPSA) is 56.7 Å². The molecule has 0 aliphatic rings. The summed E-state index contributed by atoms with van der Waals surface area (Å²) in [6.45, 7) is 14.9. The molecule has 5 nitrogen and oxygen atoms in total. The number of imidazole rings is 1. The molecule has 0 N–H and O–H groups in total. The Morgan fingerprint density at radius 2 is 1.59 bits per heavy atom. The van der Waals surface area contributed by atoms with Crippen molar-refractivity contribution in [3.05, 3.63) is 143 Å². The van der Waals surface area contributed by atoms with Crippen LogP contribution in [0.2, 0.25) is 0 Å². The molecular weight excluding hydrogens is 848 g/mol. The summed E-state index contributed by atoms with van der Waals surface area (Å²) < 4.78 is 44.6. The molecule has 8 rings (SSSR count). The van der Waals surface area contributed by atoms with Gasteiger partial charge in [-0.25, -0.2) is 0 Å². The Hall–Kier alpha value is -4.97. The zero-order chi connectivity index (χ0) is 40.1. The molecule has 4 aromatic carbocycles. The van der Waals surface area contributed by atoms with Gasteiger partial charge in [-0.1, -0.05) is 120 Å². The van der Waals surface area contributed by atoms with Crippen molar-refractivity contribution in [1.82, 2.24) is 19.5 Å². The van der Waals surface area contributed by atoms with Crippen molar-refractivity contribution in [2.45, 2.75) is 79.5 Å². The molecule has 0 saturated heterocycles. The van der Waals surface area contributed by atoms with Crippen LogP contribution in [0.4, 0.5) is 4.39 Å². The number of benzene rings is 4. The average Bonchev–Trinajstić information content (AvgIpc) is 3.74. The molecule has 0 amide bonds. The van der Waals surface area contributed by atoms with E-state index in [-0.39, 0.29) is 36.6 Å². The fourth-order valence-corrected chi connectivity index (χ4v) is 6.79. The van der Waals surface area contributed by atoms with E-state index in [4.69, 9.17) is 13.5 Å². The van der Waals surface area contributed by atoms with Crippen molar-refractivity contribution < 1.29 is 33.0 Å². The minimum Gasteiger partial charge on any atom is -0.501 e. The zero-order valence-corrected chi connectivity index (χ0v) is 34.2. The molecule has 0 atom stereocenters. The first kappa shape index (κ1) is 34.8. The molecule has 7 heteroatoms. The largest absolute Gasteiger partial charge is 0.501 e. The van der Waals surface area contributed by atoms with Gasteiger partial charge in [0.05, 0.1) is 28.6 Å².